The van der Waals surface area contributed by atoms with Gasteiger partial charge in [0.05, 0.1) is 5.69 Å². The van der Waals surface area contributed by atoms with Crippen molar-refractivity contribution in [3.05, 3.63) is 23.5 Å². The number of aromatic nitrogens is 1. The molecule has 2 unspecified atom stereocenters. The predicted octanol–water partition coefficient (Wildman–Crippen LogP) is 3.17. The first-order chi connectivity index (χ1) is 9.10. The molecule has 0 aliphatic heterocycles. The zero-order valence-electron chi connectivity index (χ0n) is 11.3. The lowest BCUT2D eigenvalue weighted by Gasteiger charge is -2.16. The number of carbonyl (C=O) groups is 1. The number of carboxylic acid groups (broad SMARTS) is 1. The lowest BCUT2D eigenvalue weighted by atomic mass is 10.1. The van der Waals surface area contributed by atoms with Gasteiger partial charge in [0.15, 0.2) is 0 Å². The molecular formula is C14H20N2O2S. The molecule has 5 heteroatoms. The van der Waals surface area contributed by atoms with Crippen molar-refractivity contribution in [3.63, 3.8) is 0 Å². The van der Waals surface area contributed by atoms with Crippen LogP contribution in [0.3, 0.4) is 0 Å². The van der Waals surface area contributed by atoms with Crippen LogP contribution >= 0.6 is 11.8 Å². The van der Waals surface area contributed by atoms with E-state index in [1.807, 2.05) is 24.8 Å². The van der Waals surface area contributed by atoms with Crippen molar-refractivity contribution in [1.29, 1.82) is 0 Å². The molecule has 1 heterocycles. The largest absolute Gasteiger partial charge is 0.478 e. The van der Waals surface area contributed by atoms with Crippen LogP contribution in [0.4, 0.5) is 5.69 Å². The number of hydrogen-bond donors (Lipinski definition) is 2. The van der Waals surface area contributed by atoms with Gasteiger partial charge in [-0.15, -0.1) is 0 Å². The number of carboxylic acids is 1. The monoisotopic (exact) mass is 280 g/mol. The van der Waals surface area contributed by atoms with Crippen LogP contribution in [-0.4, -0.2) is 33.1 Å². The van der Waals surface area contributed by atoms with Gasteiger partial charge in [0.1, 0.15) is 5.56 Å². The predicted molar refractivity (Wildman–Crippen MR) is 79.1 cm³/mol. The Morgan fingerprint density at radius 3 is 3.05 bits per heavy atom. The SMILES string of the molecule is CCSC1CCC(Nc2cc(C)ncc2C(=O)O)C1. The van der Waals surface area contributed by atoms with Crippen LogP contribution in [0, 0.1) is 6.92 Å². The Bertz CT molecular complexity index is 465. The highest BCUT2D eigenvalue weighted by Crippen LogP contribution is 2.32. The van der Waals surface area contributed by atoms with Gasteiger partial charge in [0.25, 0.3) is 0 Å². The molecule has 2 atom stereocenters. The molecular weight excluding hydrogens is 260 g/mol. The number of hydrogen-bond acceptors (Lipinski definition) is 4. The maximum absolute atomic E-state index is 11.2. The summed E-state index contributed by atoms with van der Waals surface area (Å²) in [7, 11) is 0. The van der Waals surface area contributed by atoms with E-state index in [9.17, 15) is 9.90 Å². The number of pyridine rings is 1. The fourth-order valence-electron chi connectivity index (χ4n) is 2.53. The molecule has 1 aliphatic carbocycles. The molecule has 2 N–H and O–H groups in total. The van der Waals surface area contributed by atoms with Crippen LogP contribution in [0.25, 0.3) is 0 Å². The van der Waals surface area contributed by atoms with Gasteiger partial charge in [-0.2, -0.15) is 11.8 Å². The smallest absolute Gasteiger partial charge is 0.339 e. The normalized spacial score (nSPS) is 22.4. The lowest BCUT2D eigenvalue weighted by molar-refractivity contribution is 0.0697. The van der Waals surface area contributed by atoms with E-state index in [-0.39, 0.29) is 5.56 Å². The molecule has 1 fully saturated rings. The summed E-state index contributed by atoms with van der Waals surface area (Å²) in [4.78, 5) is 15.2. The topological polar surface area (TPSA) is 62.2 Å². The molecule has 2 rings (SSSR count). The Kier molecular flexibility index (Phi) is 4.69. The highest BCUT2D eigenvalue weighted by molar-refractivity contribution is 7.99. The van der Waals surface area contributed by atoms with Crippen LogP contribution in [-0.2, 0) is 0 Å². The summed E-state index contributed by atoms with van der Waals surface area (Å²) in [5.74, 6) is 0.221. The quantitative estimate of drug-likeness (QED) is 0.867. The van der Waals surface area contributed by atoms with Crippen molar-refractivity contribution in [2.24, 2.45) is 0 Å². The molecule has 1 aromatic heterocycles. The van der Waals surface area contributed by atoms with Crippen molar-refractivity contribution in [3.8, 4) is 0 Å². The van der Waals surface area contributed by atoms with Crippen molar-refractivity contribution < 1.29 is 9.90 Å². The van der Waals surface area contributed by atoms with Gasteiger partial charge < -0.3 is 10.4 Å². The second kappa shape index (κ2) is 6.28. The van der Waals surface area contributed by atoms with Crippen LogP contribution in [0.2, 0.25) is 0 Å². The van der Waals surface area contributed by atoms with Crippen molar-refractivity contribution in [1.82, 2.24) is 4.98 Å². The Balaban J connectivity index is 2.07. The van der Waals surface area contributed by atoms with E-state index in [1.165, 1.54) is 12.6 Å². The summed E-state index contributed by atoms with van der Waals surface area (Å²) in [5, 5.41) is 13.3. The standard InChI is InChI=1S/C14H20N2O2S/c1-3-19-11-5-4-10(7-11)16-13-6-9(2)15-8-12(13)14(17)18/h6,8,10-11H,3-5,7H2,1-2H3,(H,15,16)(H,17,18). The highest BCUT2D eigenvalue weighted by atomic mass is 32.2. The van der Waals surface area contributed by atoms with Crippen molar-refractivity contribution in [2.45, 2.75) is 44.4 Å². The minimum Gasteiger partial charge on any atom is -0.478 e. The maximum Gasteiger partial charge on any atom is 0.339 e. The summed E-state index contributed by atoms with van der Waals surface area (Å²) < 4.78 is 0. The molecule has 19 heavy (non-hydrogen) atoms. The van der Waals surface area contributed by atoms with E-state index >= 15 is 0 Å². The fourth-order valence-corrected chi connectivity index (χ4v) is 3.67. The first kappa shape index (κ1) is 14.2. The maximum atomic E-state index is 11.2. The van der Waals surface area contributed by atoms with Crippen molar-refractivity contribution >= 4 is 23.4 Å². The van der Waals surface area contributed by atoms with Gasteiger partial charge in [0, 0.05) is 23.2 Å². The molecule has 0 amide bonds. The third-order valence-electron chi connectivity index (χ3n) is 3.42. The first-order valence-corrected chi connectivity index (χ1v) is 7.73. The summed E-state index contributed by atoms with van der Waals surface area (Å²) in [5.41, 5.74) is 1.80. The zero-order valence-corrected chi connectivity index (χ0v) is 12.2. The molecule has 1 aromatic rings. The number of nitrogens with one attached hydrogen (secondary N) is 1. The molecule has 0 saturated heterocycles. The number of thioether (sulfide) groups is 1. The number of aromatic carboxylic acids is 1. The number of anilines is 1. The Hall–Kier alpha value is -1.23. The van der Waals surface area contributed by atoms with E-state index in [0.29, 0.717) is 17.0 Å². The molecule has 0 aromatic carbocycles. The van der Waals surface area contributed by atoms with Crippen LogP contribution in [0.5, 0.6) is 0 Å². The van der Waals surface area contributed by atoms with Crippen LogP contribution < -0.4 is 5.32 Å². The number of nitrogens with zero attached hydrogens (tertiary/aromatic N) is 1. The average Bonchev–Trinajstić information content (AvgIpc) is 2.77. The molecule has 104 valence electrons. The number of aryl methyl sites for hydroxylation is 1. The van der Waals surface area contributed by atoms with Crippen LogP contribution in [0.15, 0.2) is 12.3 Å². The van der Waals surface area contributed by atoms with E-state index in [0.717, 1.165) is 24.3 Å². The summed E-state index contributed by atoms with van der Waals surface area (Å²) in [6.45, 7) is 4.06. The minimum absolute atomic E-state index is 0.261. The average molecular weight is 280 g/mol. The first-order valence-electron chi connectivity index (χ1n) is 6.68. The van der Waals surface area contributed by atoms with Gasteiger partial charge in [-0.05, 0) is 38.0 Å². The van der Waals surface area contributed by atoms with Gasteiger partial charge in [-0.3, -0.25) is 4.98 Å². The molecule has 0 spiro atoms. The Morgan fingerprint density at radius 1 is 1.58 bits per heavy atom. The summed E-state index contributed by atoms with van der Waals surface area (Å²) in [6, 6.07) is 2.20. The molecule has 0 radical (unpaired) electrons. The van der Waals surface area contributed by atoms with Gasteiger partial charge in [0.2, 0.25) is 0 Å². The molecule has 4 nitrogen and oxygen atoms in total. The number of rotatable bonds is 5. The Morgan fingerprint density at radius 2 is 2.37 bits per heavy atom. The van der Waals surface area contributed by atoms with E-state index in [2.05, 4.69) is 17.2 Å². The third kappa shape index (κ3) is 3.62. The third-order valence-corrected chi connectivity index (χ3v) is 4.65. The highest BCUT2D eigenvalue weighted by Gasteiger charge is 2.25. The minimum atomic E-state index is -0.924. The van der Waals surface area contributed by atoms with Gasteiger partial charge in [-0.1, -0.05) is 6.92 Å². The van der Waals surface area contributed by atoms with Gasteiger partial charge >= 0.3 is 5.97 Å². The summed E-state index contributed by atoms with van der Waals surface area (Å²) in [6.07, 6.45) is 4.87. The Labute approximate surface area is 118 Å². The fraction of sp³-hybridized carbons (Fsp3) is 0.571. The molecule has 0 bridgehead atoms. The van der Waals surface area contributed by atoms with Gasteiger partial charge in [-0.25, -0.2) is 4.79 Å². The molecule has 1 aliphatic rings. The van der Waals surface area contributed by atoms with E-state index < -0.39 is 5.97 Å². The van der Waals surface area contributed by atoms with Crippen LogP contribution in [0.1, 0.15) is 42.2 Å². The van der Waals surface area contributed by atoms with E-state index in [4.69, 9.17) is 0 Å². The zero-order chi connectivity index (χ0) is 13.8. The van der Waals surface area contributed by atoms with E-state index in [1.54, 1.807) is 0 Å². The second-order valence-electron chi connectivity index (χ2n) is 4.91. The van der Waals surface area contributed by atoms with Crippen molar-refractivity contribution in [2.75, 3.05) is 11.1 Å². The lowest BCUT2D eigenvalue weighted by Crippen LogP contribution is -2.18. The molecule has 1 saturated carbocycles. The summed E-state index contributed by atoms with van der Waals surface area (Å²) >= 11 is 2.00. The second-order valence-corrected chi connectivity index (χ2v) is 6.49.